The molecule has 1 atom stereocenters. The topological polar surface area (TPSA) is 101 Å². The molecule has 0 radical (unpaired) electrons. The van der Waals surface area contributed by atoms with Gasteiger partial charge in [0.2, 0.25) is 0 Å². The molecule has 0 aliphatic carbocycles. The van der Waals surface area contributed by atoms with Gasteiger partial charge in [-0.2, -0.15) is 0 Å². The highest BCUT2D eigenvalue weighted by Gasteiger charge is 2.13. The summed E-state index contributed by atoms with van der Waals surface area (Å²) in [6.07, 6.45) is 0.949. The first-order valence-electron chi connectivity index (χ1n) is 8.59. The number of fused-ring (bicyclic) bond motifs is 1. The van der Waals surface area contributed by atoms with Crippen molar-refractivity contribution in [3.63, 3.8) is 0 Å². The molecule has 27 heavy (non-hydrogen) atoms. The van der Waals surface area contributed by atoms with Crippen LogP contribution in [0.25, 0.3) is 10.8 Å². The van der Waals surface area contributed by atoms with Gasteiger partial charge in [0.05, 0.1) is 11.1 Å². The molecule has 0 amide bonds. The quantitative estimate of drug-likeness (QED) is 0.646. The first kappa shape index (κ1) is 20.1. The van der Waals surface area contributed by atoms with Gasteiger partial charge in [-0.15, -0.1) is 0 Å². The van der Waals surface area contributed by atoms with Crippen LogP contribution in [-0.2, 0) is 6.42 Å². The first-order chi connectivity index (χ1) is 12.8. The van der Waals surface area contributed by atoms with Gasteiger partial charge in [-0.1, -0.05) is 48.5 Å². The standard InChI is InChI=1S/C13H15N.C9H8O4/c1-10(14)8-11-6-7-12-4-2-3-5-13(12)9-11;1-5-6(8(10)11)3-2-4-7(5)9(12)13/h2-7,9-10H,8,14H2,1H3;2-4H,1H3,(H,10,11)(H,12,13). The number of hydrogen-bond acceptors (Lipinski definition) is 3. The second-order valence-electron chi connectivity index (χ2n) is 6.45. The Labute approximate surface area is 158 Å². The summed E-state index contributed by atoms with van der Waals surface area (Å²) in [7, 11) is 0. The number of benzene rings is 3. The Morgan fingerprint density at radius 2 is 1.44 bits per heavy atom. The number of hydrogen-bond donors (Lipinski definition) is 3. The van der Waals surface area contributed by atoms with Crippen LogP contribution in [0.3, 0.4) is 0 Å². The Balaban J connectivity index is 0.000000194. The number of carboxylic acids is 2. The molecule has 1 unspecified atom stereocenters. The summed E-state index contributed by atoms with van der Waals surface area (Å²) >= 11 is 0. The van der Waals surface area contributed by atoms with Crippen LogP contribution >= 0.6 is 0 Å². The van der Waals surface area contributed by atoms with Crippen molar-refractivity contribution in [3.8, 4) is 0 Å². The van der Waals surface area contributed by atoms with Crippen LogP contribution in [0.5, 0.6) is 0 Å². The van der Waals surface area contributed by atoms with Crippen molar-refractivity contribution in [1.82, 2.24) is 0 Å². The molecule has 140 valence electrons. The second-order valence-corrected chi connectivity index (χ2v) is 6.45. The number of rotatable bonds is 4. The van der Waals surface area contributed by atoms with E-state index in [9.17, 15) is 9.59 Å². The predicted octanol–water partition coefficient (Wildman–Crippen LogP) is 4.12. The van der Waals surface area contributed by atoms with E-state index in [0.717, 1.165) is 6.42 Å². The van der Waals surface area contributed by atoms with Gasteiger partial charge >= 0.3 is 11.9 Å². The van der Waals surface area contributed by atoms with E-state index in [0.29, 0.717) is 0 Å². The molecule has 3 aromatic rings. The summed E-state index contributed by atoms with van der Waals surface area (Å²) in [4.78, 5) is 21.2. The highest BCUT2D eigenvalue weighted by molar-refractivity contribution is 5.96. The highest BCUT2D eigenvalue weighted by Crippen LogP contribution is 2.16. The van der Waals surface area contributed by atoms with E-state index in [4.69, 9.17) is 15.9 Å². The van der Waals surface area contributed by atoms with Crippen molar-refractivity contribution in [2.24, 2.45) is 5.73 Å². The first-order valence-corrected chi connectivity index (χ1v) is 8.59. The van der Waals surface area contributed by atoms with Crippen LogP contribution in [0.4, 0.5) is 0 Å². The van der Waals surface area contributed by atoms with Crippen LogP contribution in [0.2, 0.25) is 0 Å². The molecule has 5 nitrogen and oxygen atoms in total. The van der Waals surface area contributed by atoms with Gasteiger partial charge in [0.1, 0.15) is 0 Å². The molecule has 0 aromatic heterocycles. The Bertz CT molecular complexity index is 931. The molecule has 0 saturated carbocycles. The molecular formula is C22H23NO4. The molecule has 3 rings (SSSR count). The molecule has 3 aromatic carbocycles. The lowest BCUT2D eigenvalue weighted by Crippen LogP contribution is -2.17. The van der Waals surface area contributed by atoms with Gasteiger partial charge in [0, 0.05) is 6.04 Å². The van der Waals surface area contributed by atoms with Crippen LogP contribution in [-0.4, -0.2) is 28.2 Å². The minimum absolute atomic E-state index is 0.0277. The van der Waals surface area contributed by atoms with E-state index in [1.54, 1.807) is 0 Å². The van der Waals surface area contributed by atoms with Gasteiger partial charge in [-0.05, 0) is 54.3 Å². The van der Waals surface area contributed by atoms with Gasteiger partial charge < -0.3 is 15.9 Å². The van der Waals surface area contributed by atoms with Gasteiger partial charge in [-0.25, -0.2) is 9.59 Å². The predicted molar refractivity (Wildman–Crippen MR) is 106 cm³/mol. The fourth-order valence-corrected chi connectivity index (χ4v) is 2.84. The van der Waals surface area contributed by atoms with Gasteiger partial charge in [0.15, 0.2) is 0 Å². The van der Waals surface area contributed by atoms with Crippen molar-refractivity contribution in [2.45, 2.75) is 26.3 Å². The SMILES string of the molecule is CC(N)Cc1ccc2ccccc2c1.Cc1c(C(=O)O)cccc1C(=O)O. The lowest BCUT2D eigenvalue weighted by Gasteiger charge is -2.06. The van der Waals surface area contributed by atoms with Crippen LogP contribution in [0.1, 0.15) is 38.8 Å². The zero-order valence-corrected chi connectivity index (χ0v) is 15.3. The molecule has 0 aliphatic rings. The van der Waals surface area contributed by atoms with Gasteiger partial charge in [-0.3, -0.25) is 0 Å². The summed E-state index contributed by atoms with van der Waals surface area (Å²) in [6.45, 7) is 3.52. The van der Waals surface area contributed by atoms with Crippen LogP contribution < -0.4 is 5.73 Å². The third-order valence-electron chi connectivity index (χ3n) is 4.17. The van der Waals surface area contributed by atoms with Crippen LogP contribution in [0, 0.1) is 6.92 Å². The normalized spacial score (nSPS) is 11.4. The average Bonchev–Trinajstić information content (AvgIpc) is 2.61. The number of aromatic carboxylic acids is 2. The lowest BCUT2D eigenvalue weighted by atomic mass is 10.0. The maximum atomic E-state index is 10.6. The second kappa shape index (κ2) is 8.96. The molecule has 0 bridgehead atoms. The van der Waals surface area contributed by atoms with E-state index < -0.39 is 11.9 Å². The highest BCUT2D eigenvalue weighted by atomic mass is 16.4. The zero-order chi connectivity index (χ0) is 20.0. The van der Waals surface area contributed by atoms with Crippen molar-refractivity contribution in [1.29, 1.82) is 0 Å². The maximum Gasteiger partial charge on any atom is 0.335 e. The summed E-state index contributed by atoms with van der Waals surface area (Å²) in [5, 5.41) is 19.9. The van der Waals surface area contributed by atoms with Crippen molar-refractivity contribution in [2.75, 3.05) is 0 Å². The summed E-state index contributed by atoms with van der Waals surface area (Å²) < 4.78 is 0. The smallest absolute Gasteiger partial charge is 0.335 e. The van der Waals surface area contributed by atoms with Crippen molar-refractivity contribution < 1.29 is 19.8 Å². The molecule has 0 aliphatic heterocycles. The van der Waals surface area contributed by atoms with E-state index in [2.05, 4.69) is 42.5 Å². The van der Waals surface area contributed by atoms with E-state index in [-0.39, 0.29) is 22.7 Å². The molecule has 0 saturated heterocycles. The number of nitrogens with two attached hydrogens (primary N) is 1. The Kier molecular flexibility index (Phi) is 6.68. The van der Waals surface area contributed by atoms with E-state index in [1.165, 1.54) is 41.5 Å². The Hall–Kier alpha value is -3.18. The molecule has 5 heteroatoms. The average molecular weight is 365 g/mol. The molecule has 0 fully saturated rings. The lowest BCUT2D eigenvalue weighted by molar-refractivity contribution is 0.0696. The monoisotopic (exact) mass is 365 g/mol. The fourth-order valence-electron chi connectivity index (χ4n) is 2.84. The third-order valence-corrected chi connectivity index (χ3v) is 4.17. The molecule has 4 N–H and O–H groups in total. The summed E-state index contributed by atoms with van der Waals surface area (Å²) in [6, 6.07) is 19.3. The zero-order valence-electron chi connectivity index (χ0n) is 15.3. The van der Waals surface area contributed by atoms with E-state index in [1.807, 2.05) is 6.92 Å². The minimum atomic E-state index is -1.11. The fraction of sp³-hybridized carbons (Fsp3) is 0.182. The third kappa shape index (κ3) is 5.39. The van der Waals surface area contributed by atoms with Crippen molar-refractivity contribution >= 4 is 22.7 Å². The largest absolute Gasteiger partial charge is 0.478 e. The van der Waals surface area contributed by atoms with Crippen molar-refractivity contribution in [3.05, 3.63) is 82.9 Å². The summed E-state index contributed by atoms with van der Waals surface area (Å²) in [5.74, 6) is -2.22. The van der Waals surface area contributed by atoms with E-state index >= 15 is 0 Å². The molecule has 0 spiro atoms. The summed E-state index contributed by atoms with van der Waals surface area (Å²) in [5.41, 5.74) is 7.42. The Morgan fingerprint density at radius 3 is 1.96 bits per heavy atom. The minimum Gasteiger partial charge on any atom is -0.478 e. The van der Waals surface area contributed by atoms with Gasteiger partial charge in [0.25, 0.3) is 0 Å². The number of carboxylic acid groups (broad SMARTS) is 2. The Morgan fingerprint density at radius 1 is 0.889 bits per heavy atom. The number of carbonyl (C=O) groups is 2. The van der Waals surface area contributed by atoms with Crippen LogP contribution in [0.15, 0.2) is 60.7 Å². The maximum absolute atomic E-state index is 10.6. The molecule has 0 heterocycles. The molecular weight excluding hydrogens is 342 g/mol.